The van der Waals surface area contributed by atoms with Crippen LogP contribution in [0.3, 0.4) is 0 Å². The third kappa shape index (κ3) is 1.97. The Morgan fingerprint density at radius 2 is 2.50 bits per heavy atom. The SMILES string of the molecule is CCCCn1cncc1I. The minimum atomic E-state index is 1.11. The maximum atomic E-state index is 4.03. The van der Waals surface area contributed by atoms with Crippen molar-refractivity contribution in [3.8, 4) is 0 Å². The average molecular weight is 250 g/mol. The van der Waals surface area contributed by atoms with Crippen molar-refractivity contribution >= 4 is 22.6 Å². The van der Waals surface area contributed by atoms with Crippen LogP contribution in [0.1, 0.15) is 19.8 Å². The van der Waals surface area contributed by atoms with Gasteiger partial charge in [-0.05, 0) is 29.0 Å². The molecule has 1 aromatic heterocycles. The molecule has 0 spiro atoms. The number of hydrogen-bond donors (Lipinski definition) is 0. The van der Waals surface area contributed by atoms with Crippen molar-refractivity contribution in [2.75, 3.05) is 0 Å². The molecule has 0 fully saturated rings. The Balaban J connectivity index is 2.49. The number of rotatable bonds is 3. The normalized spacial score (nSPS) is 10.2. The van der Waals surface area contributed by atoms with Crippen molar-refractivity contribution in [2.24, 2.45) is 0 Å². The van der Waals surface area contributed by atoms with Crippen molar-refractivity contribution < 1.29 is 0 Å². The monoisotopic (exact) mass is 250 g/mol. The largest absolute Gasteiger partial charge is 0.326 e. The third-order valence-corrected chi connectivity index (χ3v) is 2.31. The maximum absolute atomic E-state index is 4.03. The van der Waals surface area contributed by atoms with Crippen molar-refractivity contribution in [1.82, 2.24) is 9.55 Å². The standard InChI is InChI=1S/C7H11IN2/c1-2-3-4-10-6-9-5-7(10)8/h5-6H,2-4H2,1H3. The minimum absolute atomic E-state index is 1.11. The predicted octanol–water partition coefficient (Wildman–Crippen LogP) is 2.29. The molecule has 1 heterocycles. The second kappa shape index (κ2) is 3.95. The first-order valence-electron chi connectivity index (χ1n) is 3.50. The summed E-state index contributed by atoms with van der Waals surface area (Å²) in [6.45, 7) is 3.30. The fourth-order valence-corrected chi connectivity index (χ4v) is 1.32. The summed E-state index contributed by atoms with van der Waals surface area (Å²) < 4.78 is 3.40. The molecule has 0 saturated heterocycles. The van der Waals surface area contributed by atoms with Crippen LogP contribution in [-0.4, -0.2) is 9.55 Å². The van der Waals surface area contributed by atoms with Crippen molar-refractivity contribution in [2.45, 2.75) is 26.3 Å². The van der Waals surface area contributed by atoms with Crippen LogP contribution in [0.5, 0.6) is 0 Å². The maximum Gasteiger partial charge on any atom is 0.0995 e. The van der Waals surface area contributed by atoms with E-state index in [1.165, 1.54) is 16.5 Å². The van der Waals surface area contributed by atoms with Crippen LogP contribution in [0.15, 0.2) is 12.5 Å². The van der Waals surface area contributed by atoms with Gasteiger partial charge in [0.2, 0.25) is 0 Å². The summed E-state index contributed by atoms with van der Waals surface area (Å²) in [6.07, 6.45) is 6.26. The van der Waals surface area contributed by atoms with E-state index in [-0.39, 0.29) is 0 Å². The molecule has 0 radical (unpaired) electrons. The van der Waals surface area contributed by atoms with Crippen molar-refractivity contribution in [3.05, 3.63) is 16.2 Å². The van der Waals surface area contributed by atoms with Gasteiger partial charge in [0.15, 0.2) is 0 Å². The van der Waals surface area contributed by atoms with E-state index in [4.69, 9.17) is 0 Å². The Kier molecular flexibility index (Phi) is 3.18. The topological polar surface area (TPSA) is 17.8 Å². The van der Waals surface area contributed by atoms with Crippen LogP contribution in [-0.2, 0) is 6.54 Å². The van der Waals surface area contributed by atoms with Gasteiger partial charge >= 0.3 is 0 Å². The summed E-state index contributed by atoms with van der Waals surface area (Å²) in [4.78, 5) is 4.03. The molecule has 0 aliphatic heterocycles. The quantitative estimate of drug-likeness (QED) is 0.752. The second-order valence-electron chi connectivity index (χ2n) is 2.26. The first-order valence-corrected chi connectivity index (χ1v) is 4.58. The van der Waals surface area contributed by atoms with E-state index < -0.39 is 0 Å². The van der Waals surface area contributed by atoms with Crippen LogP contribution in [0.2, 0.25) is 0 Å². The first kappa shape index (κ1) is 8.04. The lowest BCUT2D eigenvalue weighted by Gasteiger charge is -2.00. The number of aromatic nitrogens is 2. The molecular formula is C7H11IN2. The van der Waals surface area contributed by atoms with Gasteiger partial charge in [0, 0.05) is 6.54 Å². The van der Waals surface area contributed by atoms with Crippen molar-refractivity contribution in [1.29, 1.82) is 0 Å². The highest BCUT2D eigenvalue weighted by atomic mass is 127. The summed E-state index contributed by atoms with van der Waals surface area (Å²) in [5, 5.41) is 0. The zero-order chi connectivity index (χ0) is 7.40. The predicted molar refractivity (Wildman–Crippen MR) is 49.9 cm³/mol. The zero-order valence-electron chi connectivity index (χ0n) is 6.05. The Hall–Kier alpha value is -0.0600. The lowest BCUT2D eigenvalue weighted by Crippen LogP contribution is -1.97. The summed E-state index contributed by atoms with van der Waals surface area (Å²) in [6, 6.07) is 0. The average Bonchev–Trinajstić information content (AvgIpc) is 2.31. The van der Waals surface area contributed by atoms with E-state index in [2.05, 4.69) is 39.1 Å². The zero-order valence-corrected chi connectivity index (χ0v) is 8.21. The molecule has 0 unspecified atom stereocenters. The Morgan fingerprint density at radius 3 is 3.00 bits per heavy atom. The van der Waals surface area contributed by atoms with Gasteiger partial charge in [0.05, 0.1) is 16.2 Å². The van der Waals surface area contributed by atoms with Crippen LogP contribution in [0, 0.1) is 3.70 Å². The van der Waals surface area contributed by atoms with Crippen LogP contribution < -0.4 is 0 Å². The molecular weight excluding hydrogens is 239 g/mol. The van der Waals surface area contributed by atoms with Crippen LogP contribution >= 0.6 is 22.6 Å². The van der Waals surface area contributed by atoms with Crippen molar-refractivity contribution in [3.63, 3.8) is 0 Å². The summed E-state index contributed by atoms with van der Waals surface area (Å²) >= 11 is 2.30. The molecule has 10 heavy (non-hydrogen) atoms. The number of imidazole rings is 1. The highest BCUT2D eigenvalue weighted by molar-refractivity contribution is 14.1. The molecule has 0 amide bonds. The minimum Gasteiger partial charge on any atom is -0.326 e. The second-order valence-corrected chi connectivity index (χ2v) is 3.37. The molecule has 0 atom stereocenters. The fraction of sp³-hybridized carbons (Fsp3) is 0.571. The van der Waals surface area contributed by atoms with Gasteiger partial charge in [-0.15, -0.1) is 0 Å². The molecule has 1 rings (SSSR count). The first-order chi connectivity index (χ1) is 4.84. The summed E-state index contributed by atoms with van der Waals surface area (Å²) in [5.74, 6) is 0. The van der Waals surface area contributed by atoms with E-state index in [0.717, 1.165) is 6.54 Å². The highest BCUT2D eigenvalue weighted by Gasteiger charge is 1.94. The Bertz CT molecular complexity index is 195. The van der Waals surface area contributed by atoms with E-state index in [1.807, 2.05) is 12.5 Å². The Morgan fingerprint density at radius 1 is 1.70 bits per heavy atom. The molecule has 56 valence electrons. The number of aryl methyl sites for hydroxylation is 1. The summed E-state index contributed by atoms with van der Waals surface area (Å²) in [7, 11) is 0. The van der Waals surface area contributed by atoms with Gasteiger partial charge in [-0.25, -0.2) is 4.98 Å². The van der Waals surface area contributed by atoms with E-state index in [0.29, 0.717) is 0 Å². The fourth-order valence-electron chi connectivity index (χ4n) is 0.798. The van der Waals surface area contributed by atoms with Gasteiger partial charge < -0.3 is 4.57 Å². The molecule has 0 aliphatic carbocycles. The number of halogens is 1. The lowest BCUT2D eigenvalue weighted by molar-refractivity contribution is 0.621. The Labute approximate surface area is 74.8 Å². The van der Waals surface area contributed by atoms with E-state index in [9.17, 15) is 0 Å². The van der Waals surface area contributed by atoms with Gasteiger partial charge in [-0.2, -0.15) is 0 Å². The smallest absolute Gasteiger partial charge is 0.0995 e. The molecule has 3 heteroatoms. The van der Waals surface area contributed by atoms with Gasteiger partial charge in [-0.1, -0.05) is 13.3 Å². The van der Waals surface area contributed by atoms with Crippen LogP contribution in [0.4, 0.5) is 0 Å². The molecule has 0 N–H and O–H groups in total. The van der Waals surface area contributed by atoms with E-state index in [1.54, 1.807) is 0 Å². The molecule has 0 saturated carbocycles. The van der Waals surface area contributed by atoms with E-state index >= 15 is 0 Å². The summed E-state index contributed by atoms with van der Waals surface area (Å²) in [5.41, 5.74) is 0. The number of unbranched alkanes of at least 4 members (excludes halogenated alkanes) is 1. The van der Waals surface area contributed by atoms with Gasteiger partial charge in [0.1, 0.15) is 0 Å². The van der Waals surface area contributed by atoms with Gasteiger partial charge in [-0.3, -0.25) is 0 Å². The van der Waals surface area contributed by atoms with Crippen LogP contribution in [0.25, 0.3) is 0 Å². The number of hydrogen-bond acceptors (Lipinski definition) is 1. The highest BCUT2D eigenvalue weighted by Crippen LogP contribution is 2.04. The third-order valence-electron chi connectivity index (χ3n) is 1.41. The molecule has 1 aromatic rings. The molecule has 0 aromatic carbocycles. The molecule has 0 aliphatic rings. The molecule has 2 nitrogen and oxygen atoms in total. The molecule has 0 bridgehead atoms. The lowest BCUT2D eigenvalue weighted by atomic mass is 10.3. The number of nitrogens with zero attached hydrogens (tertiary/aromatic N) is 2. The van der Waals surface area contributed by atoms with Gasteiger partial charge in [0.25, 0.3) is 0 Å².